The molecular weight excluding hydrogens is 114 g/mol. The molecule has 1 saturated carbocycles. The summed E-state index contributed by atoms with van der Waals surface area (Å²) in [7, 11) is 0. The van der Waals surface area contributed by atoms with Crippen LogP contribution in [0, 0.1) is 5.92 Å². The van der Waals surface area contributed by atoms with Gasteiger partial charge in [0.1, 0.15) is 0 Å². The van der Waals surface area contributed by atoms with Crippen LogP contribution in [-0.4, -0.2) is 12.6 Å². The first-order valence-electron chi connectivity index (χ1n) is 3.84. The molecule has 2 unspecified atom stereocenters. The second-order valence-corrected chi connectivity index (χ2v) is 3.08. The first kappa shape index (κ1) is 5.69. The van der Waals surface area contributed by atoms with Crippen molar-refractivity contribution in [3.63, 3.8) is 0 Å². The van der Waals surface area contributed by atoms with E-state index in [1.54, 1.807) is 0 Å². The molecule has 1 saturated heterocycles. The Labute approximate surface area is 55.5 Å². The highest BCUT2D eigenvalue weighted by Gasteiger charge is 2.29. The minimum atomic E-state index is 0.693. The summed E-state index contributed by atoms with van der Waals surface area (Å²) < 4.78 is 0. The highest BCUT2D eigenvalue weighted by molar-refractivity contribution is 4.81. The van der Waals surface area contributed by atoms with E-state index >= 15 is 0 Å². The maximum atomic E-state index is 5.14. The van der Waals surface area contributed by atoms with Crippen molar-refractivity contribution < 1.29 is 4.84 Å². The van der Waals surface area contributed by atoms with Crippen molar-refractivity contribution in [2.24, 2.45) is 5.92 Å². The van der Waals surface area contributed by atoms with Gasteiger partial charge in [0.05, 0.1) is 6.61 Å². The Morgan fingerprint density at radius 1 is 1.22 bits per heavy atom. The Bertz CT molecular complexity index is 93.1. The fourth-order valence-electron chi connectivity index (χ4n) is 1.82. The third kappa shape index (κ3) is 0.970. The molecule has 0 spiro atoms. The maximum absolute atomic E-state index is 5.14. The molecule has 1 aliphatic carbocycles. The van der Waals surface area contributed by atoms with Crippen molar-refractivity contribution in [2.75, 3.05) is 6.61 Å². The molecule has 2 nitrogen and oxygen atoms in total. The van der Waals surface area contributed by atoms with E-state index in [9.17, 15) is 0 Å². The lowest BCUT2D eigenvalue weighted by molar-refractivity contribution is 0.0859. The average Bonchev–Trinajstić information content (AvgIpc) is 2.33. The Kier molecular flexibility index (Phi) is 1.44. The third-order valence-electron chi connectivity index (χ3n) is 2.44. The van der Waals surface area contributed by atoms with E-state index in [1.807, 2.05) is 0 Å². The van der Waals surface area contributed by atoms with E-state index in [0.717, 1.165) is 12.5 Å². The van der Waals surface area contributed by atoms with Gasteiger partial charge >= 0.3 is 0 Å². The molecule has 1 heterocycles. The molecule has 1 N–H and O–H groups in total. The summed E-state index contributed by atoms with van der Waals surface area (Å²) in [6.45, 7) is 0.949. The van der Waals surface area contributed by atoms with Gasteiger partial charge in [-0.25, -0.2) is 0 Å². The molecule has 2 atom stereocenters. The first-order chi connectivity index (χ1) is 4.47. The summed E-state index contributed by atoms with van der Waals surface area (Å²) in [5, 5.41) is 0. The van der Waals surface area contributed by atoms with E-state index < -0.39 is 0 Å². The minimum Gasteiger partial charge on any atom is -0.301 e. The molecule has 0 bridgehead atoms. The van der Waals surface area contributed by atoms with Crippen LogP contribution < -0.4 is 5.48 Å². The van der Waals surface area contributed by atoms with Crippen molar-refractivity contribution >= 4 is 0 Å². The Morgan fingerprint density at radius 3 is 3.00 bits per heavy atom. The molecule has 2 rings (SSSR count). The molecule has 0 radical (unpaired) electrons. The van der Waals surface area contributed by atoms with Crippen LogP contribution in [0.2, 0.25) is 0 Å². The predicted molar refractivity (Wildman–Crippen MR) is 34.8 cm³/mol. The molecule has 1 aliphatic heterocycles. The lowest BCUT2D eigenvalue weighted by Crippen LogP contribution is -2.29. The Hall–Kier alpha value is -0.0800. The van der Waals surface area contributed by atoms with Gasteiger partial charge in [-0.05, 0) is 12.8 Å². The maximum Gasteiger partial charge on any atom is 0.0726 e. The summed E-state index contributed by atoms with van der Waals surface area (Å²) in [5.74, 6) is 0.832. The van der Waals surface area contributed by atoms with Crippen LogP contribution >= 0.6 is 0 Å². The average molecular weight is 127 g/mol. The largest absolute Gasteiger partial charge is 0.301 e. The smallest absolute Gasteiger partial charge is 0.0726 e. The van der Waals surface area contributed by atoms with Crippen LogP contribution in [0.15, 0.2) is 0 Å². The second kappa shape index (κ2) is 2.27. The number of hydrogen-bond acceptors (Lipinski definition) is 2. The van der Waals surface area contributed by atoms with Crippen LogP contribution in [-0.2, 0) is 4.84 Å². The Balaban J connectivity index is 1.97. The summed E-state index contributed by atoms with van der Waals surface area (Å²) in [5.41, 5.74) is 3.06. The zero-order chi connectivity index (χ0) is 6.10. The van der Waals surface area contributed by atoms with Crippen molar-refractivity contribution in [3.8, 4) is 0 Å². The van der Waals surface area contributed by atoms with Gasteiger partial charge < -0.3 is 4.84 Å². The molecule has 0 aromatic rings. The van der Waals surface area contributed by atoms with Crippen molar-refractivity contribution in [1.82, 2.24) is 5.48 Å². The monoisotopic (exact) mass is 127 g/mol. The van der Waals surface area contributed by atoms with Crippen molar-refractivity contribution in [2.45, 2.75) is 31.7 Å². The number of rotatable bonds is 0. The van der Waals surface area contributed by atoms with Gasteiger partial charge in [0.15, 0.2) is 0 Å². The molecule has 52 valence electrons. The SMILES string of the molecule is C1CCC2NOCC2C1. The van der Waals surface area contributed by atoms with E-state index in [1.165, 1.54) is 25.7 Å². The molecule has 0 aromatic heterocycles. The van der Waals surface area contributed by atoms with Crippen molar-refractivity contribution in [1.29, 1.82) is 0 Å². The van der Waals surface area contributed by atoms with Gasteiger partial charge in [0.2, 0.25) is 0 Å². The van der Waals surface area contributed by atoms with E-state index in [0.29, 0.717) is 6.04 Å². The quantitative estimate of drug-likeness (QED) is 0.525. The molecule has 0 aromatic carbocycles. The predicted octanol–water partition coefficient (Wildman–Crippen LogP) is 1.08. The van der Waals surface area contributed by atoms with Crippen LogP contribution in [0.1, 0.15) is 25.7 Å². The molecular formula is C7H13NO. The summed E-state index contributed by atoms with van der Waals surface area (Å²) in [6, 6.07) is 0.693. The van der Waals surface area contributed by atoms with Gasteiger partial charge in [-0.2, -0.15) is 5.48 Å². The number of nitrogens with one attached hydrogen (secondary N) is 1. The highest BCUT2D eigenvalue weighted by atomic mass is 16.7. The van der Waals surface area contributed by atoms with Gasteiger partial charge in [-0.15, -0.1) is 0 Å². The lowest BCUT2D eigenvalue weighted by atomic mass is 9.86. The van der Waals surface area contributed by atoms with Crippen LogP contribution in [0.25, 0.3) is 0 Å². The minimum absolute atomic E-state index is 0.693. The topological polar surface area (TPSA) is 21.3 Å². The van der Waals surface area contributed by atoms with Crippen molar-refractivity contribution in [3.05, 3.63) is 0 Å². The fourth-order valence-corrected chi connectivity index (χ4v) is 1.82. The van der Waals surface area contributed by atoms with Gasteiger partial charge in [0, 0.05) is 12.0 Å². The molecule has 9 heavy (non-hydrogen) atoms. The second-order valence-electron chi connectivity index (χ2n) is 3.08. The number of fused-ring (bicyclic) bond motifs is 1. The standard InChI is InChI=1S/C7H13NO/c1-2-4-7-6(3-1)5-9-8-7/h6-8H,1-5H2. The zero-order valence-corrected chi connectivity index (χ0v) is 5.60. The van der Waals surface area contributed by atoms with Gasteiger partial charge in [0.25, 0.3) is 0 Å². The van der Waals surface area contributed by atoms with Gasteiger partial charge in [-0.3, -0.25) is 0 Å². The third-order valence-corrected chi connectivity index (χ3v) is 2.44. The first-order valence-corrected chi connectivity index (χ1v) is 3.84. The molecule has 2 heteroatoms. The fraction of sp³-hybridized carbons (Fsp3) is 1.00. The lowest BCUT2D eigenvalue weighted by Gasteiger charge is -2.21. The summed E-state index contributed by atoms with van der Waals surface area (Å²) in [6.07, 6.45) is 5.49. The molecule has 0 amide bonds. The highest BCUT2D eigenvalue weighted by Crippen LogP contribution is 2.27. The van der Waals surface area contributed by atoms with Crippen LogP contribution in [0.3, 0.4) is 0 Å². The number of hydroxylamine groups is 1. The Morgan fingerprint density at radius 2 is 2.11 bits per heavy atom. The van der Waals surface area contributed by atoms with Crippen LogP contribution in [0.5, 0.6) is 0 Å². The summed E-state index contributed by atoms with van der Waals surface area (Å²) in [4.78, 5) is 5.14. The van der Waals surface area contributed by atoms with E-state index in [2.05, 4.69) is 5.48 Å². The van der Waals surface area contributed by atoms with Crippen LogP contribution in [0.4, 0.5) is 0 Å². The zero-order valence-electron chi connectivity index (χ0n) is 5.60. The van der Waals surface area contributed by atoms with E-state index in [4.69, 9.17) is 4.84 Å². The number of hydrogen-bond donors (Lipinski definition) is 1. The molecule has 2 fully saturated rings. The normalized spacial score (nSPS) is 42.7. The summed E-state index contributed by atoms with van der Waals surface area (Å²) >= 11 is 0. The molecule has 2 aliphatic rings. The van der Waals surface area contributed by atoms with E-state index in [-0.39, 0.29) is 0 Å². The van der Waals surface area contributed by atoms with Gasteiger partial charge in [-0.1, -0.05) is 12.8 Å².